The van der Waals surface area contributed by atoms with Crippen molar-refractivity contribution in [3.05, 3.63) is 0 Å². The van der Waals surface area contributed by atoms with E-state index >= 15 is 0 Å². The minimum Gasteiger partial charge on any atom is -0.444 e. The lowest BCUT2D eigenvalue weighted by molar-refractivity contribution is -0.184. The van der Waals surface area contributed by atoms with Gasteiger partial charge in [-0.25, -0.2) is 13.6 Å². The highest BCUT2D eigenvalue weighted by Gasteiger charge is 2.61. The molecule has 0 aromatic rings. The number of halogens is 2. The van der Waals surface area contributed by atoms with Gasteiger partial charge in [-0.1, -0.05) is 0 Å². The molecule has 1 saturated carbocycles. The molecule has 4 rings (SSSR count). The Morgan fingerprint density at radius 1 is 1.37 bits per heavy atom. The third-order valence-corrected chi connectivity index (χ3v) is 5.96. The van der Waals surface area contributed by atoms with E-state index in [4.69, 9.17) is 4.74 Å². The number of hydrogen-bond donors (Lipinski definition) is 2. The molecule has 3 saturated heterocycles. The number of ether oxygens (including phenoxy) is 1. The van der Waals surface area contributed by atoms with Crippen LogP contribution in [0, 0.1) is 23.2 Å². The van der Waals surface area contributed by atoms with Crippen molar-refractivity contribution >= 4 is 17.9 Å². The molecule has 4 fully saturated rings. The van der Waals surface area contributed by atoms with Gasteiger partial charge in [0.05, 0.1) is 12.0 Å². The summed E-state index contributed by atoms with van der Waals surface area (Å²) in [5.41, 5.74) is -0.845. The number of amides is 3. The molecule has 0 radical (unpaired) electrons. The molecule has 3 heterocycles. The van der Waals surface area contributed by atoms with Gasteiger partial charge in [-0.2, -0.15) is 5.26 Å². The van der Waals surface area contributed by atoms with E-state index in [0.29, 0.717) is 19.4 Å². The maximum atomic E-state index is 14.6. The van der Waals surface area contributed by atoms with E-state index in [1.54, 1.807) is 20.8 Å². The molecule has 1 aliphatic carbocycles. The quantitative estimate of drug-likeness (QED) is 0.714. The van der Waals surface area contributed by atoms with Gasteiger partial charge in [0, 0.05) is 24.9 Å². The van der Waals surface area contributed by atoms with Crippen molar-refractivity contribution in [2.24, 2.45) is 11.8 Å². The highest BCUT2D eigenvalue weighted by atomic mass is 19.3. The second-order valence-corrected chi connectivity index (χ2v) is 9.34. The van der Waals surface area contributed by atoms with E-state index in [1.165, 1.54) is 0 Å². The summed E-state index contributed by atoms with van der Waals surface area (Å²) >= 11 is 0. The number of carbonyl (C=O) groups excluding carboxylic acids is 3. The second kappa shape index (κ2) is 8.00. The highest BCUT2D eigenvalue weighted by Crippen LogP contribution is 2.49. The summed E-state index contributed by atoms with van der Waals surface area (Å²) in [5.74, 6) is -5.84. The number of rotatable bonds is 4. The molecule has 30 heavy (non-hydrogen) atoms. The highest BCUT2D eigenvalue weighted by molar-refractivity contribution is 5.87. The number of nitrogens with one attached hydrogen (secondary N) is 2. The zero-order valence-corrected chi connectivity index (χ0v) is 17.4. The summed E-state index contributed by atoms with van der Waals surface area (Å²) in [4.78, 5) is 38.7. The molecule has 2 N–H and O–H groups in total. The Morgan fingerprint density at radius 2 is 2.07 bits per heavy atom. The van der Waals surface area contributed by atoms with Gasteiger partial charge in [0.1, 0.15) is 17.7 Å². The first kappa shape index (κ1) is 22.2. The molecule has 0 unspecified atom stereocenters. The maximum Gasteiger partial charge on any atom is 0.411 e. The first-order valence-corrected chi connectivity index (χ1v) is 10.3. The van der Waals surface area contributed by atoms with Crippen molar-refractivity contribution in [3.8, 4) is 6.07 Å². The minimum absolute atomic E-state index is 0.0950. The summed E-state index contributed by atoms with van der Waals surface area (Å²) < 4.78 is 34.6. The Morgan fingerprint density at radius 3 is 2.60 bits per heavy atom. The van der Waals surface area contributed by atoms with Crippen molar-refractivity contribution in [2.75, 3.05) is 6.54 Å². The smallest absolute Gasteiger partial charge is 0.411 e. The summed E-state index contributed by atoms with van der Waals surface area (Å²) in [6.07, 6.45) is -0.202. The Labute approximate surface area is 174 Å². The lowest BCUT2D eigenvalue weighted by Crippen LogP contribution is -2.69. The largest absolute Gasteiger partial charge is 0.444 e. The zero-order chi connectivity index (χ0) is 22.3. The molecule has 5 atom stereocenters. The zero-order valence-electron chi connectivity index (χ0n) is 17.4. The van der Waals surface area contributed by atoms with E-state index in [2.05, 4.69) is 10.6 Å². The average molecular weight is 426 g/mol. The van der Waals surface area contributed by atoms with Crippen LogP contribution in [0.5, 0.6) is 0 Å². The predicted molar refractivity (Wildman–Crippen MR) is 101 cm³/mol. The first-order chi connectivity index (χ1) is 13.9. The van der Waals surface area contributed by atoms with Crippen LogP contribution in [0.25, 0.3) is 0 Å². The number of carbonyl (C=O) groups is 3. The minimum atomic E-state index is -3.09. The lowest BCUT2D eigenvalue weighted by Gasteiger charge is -2.53. The van der Waals surface area contributed by atoms with Gasteiger partial charge in [0.25, 0.3) is 5.92 Å². The van der Waals surface area contributed by atoms with Gasteiger partial charge in [0.15, 0.2) is 0 Å². The van der Waals surface area contributed by atoms with E-state index in [0.717, 1.165) is 4.90 Å². The van der Waals surface area contributed by atoms with Crippen LogP contribution in [-0.4, -0.2) is 59.0 Å². The molecule has 0 aromatic carbocycles. The van der Waals surface area contributed by atoms with Crippen molar-refractivity contribution in [3.63, 3.8) is 0 Å². The maximum absolute atomic E-state index is 14.6. The molecule has 8 nitrogen and oxygen atoms in total. The van der Waals surface area contributed by atoms with Crippen LogP contribution in [0.4, 0.5) is 13.6 Å². The number of nitriles is 1. The predicted octanol–water partition coefficient (Wildman–Crippen LogP) is 1.94. The number of alkyl halides is 2. The molecule has 10 heteroatoms. The molecule has 3 aliphatic heterocycles. The third-order valence-electron chi connectivity index (χ3n) is 5.96. The van der Waals surface area contributed by atoms with Crippen LogP contribution in [0.1, 0.15) is 52.9 Å². The van der Waals surface area contributed by atoms with Gasteiger partial charge in [-0.15, -0.1) is 0 Å². The summed E-state index contributed by atoms with van der Waals surface area (Å²) in [6.45, 7) is 5.49. The molecule has 0 aromatic heterocycles. The van der Waals surface area contributed by atoms with Gasteiger partial charge in [-0.3, -0.25) is 14.5 Å². The Balaban J connectivity index is 1.79. The van der Waals surface area contributed by atoms with Crippen LogP contribution in [-0.2, 0) is 14.3 Å². The first-order valence-electron chi connectivity index (χ1n) is 10.3. The van der Waals surface area contributed by atoms with Crippen LogP contribution in [0.15, 0.2) is 0 Å². The number of piperidine rings is 2. The Hall–Kier alpha value is -2.44. The summed E-state index contributed by atoms with van der Waals surface area (Å²) in [6, 6.07) is -1.31. The molecule has 2 bridgehead atoms. The van der Waals surface area contributed by atoms with E-state index in [9.17, 15) is 28.4 Å². The molecular weight excluding hydrogens is 398 g/mol. The van der Waals surface area contributed by atoms with Crippen molar-refractivity contribution < 1.29 is 27.9 Å². The number of hydrogen-bond acceptors (Lipinski definition) is 5. The van der Waals surface area contributed by atoms with Crippen molar-refractivity contribution in [2.45, 2.75) is 82.5 Å². The van der Waals surface area contributed by atoms with Gasteiger partial charge in [0.2, 0.25) is 11.8 Å². The van der Waals surface area contributed by atoms with Crippen molar-refractivity contribution in [1.29, 1.82) is 5.26 Å². The Bertz CT molecular complexity index is 761. The molecule has 166 valence electrons. The Kier molecular flexibility index (Phi) is 5.94. The van der Waals surface area contributed by atoms with Crippen LogP contribution in [0.2, 0.25) is 0 Å². The standard InChI is InChI=1S/C20H28F2N4O4/c1-19(2,3)30-18(29)26-13-4-5-14(20(21,22)9-13)15(26)17(28)25-12(10-23)8-11-6-7-24-16(11)27/h11-15H,4-9H2,1-3H3,(H,24,27)(H,25,28)/t11-,12-,13-,14-,15-/m0/s1. The lowest BCUT2D eigenvalue weighted by atomic mass is 9.71. The number of fused-ring (bicyclic) bond motifs is 3. The fraction of sp³-hybridized carbons (Fsp3) is 0.800. The van der Waals surface area contributed by atoms with E-state index in [1.807, 2.05) is 6.07 Å². The molecule has 3 amide bonds. The van der Waals surface area contributed by atoms with Gasteiger partial charge >= 0.3 is 6.09 Å². The van der Waals surface area contributed by atoms with Gasteiger partial charge in [-0.05, 0) is 46.5 Å². The third kappa shape index (κ3) is 4.50. The normalized spacial score (nSPS) is 30.9. The van der Waals surface area contributed by atoms with E-state index < -0.39 is 59.9 Å². The van der Waals surface area contributed by atoms with Crippen molar-refractivity contribution in [1.82, 2.24) is 15.5 Å². The van der Waals surface area contributed by atoms with Crippen LogP contribution in [0.3, 0.4) is 0 Å². The van der Waals surface area contributed by atoms with Gasteiger partial charge < -0.3 is 15.4 Å². The SMILES string of the molecule is CC(C)(C)OC(=O)N1[C@H]2CC[C@@H]([C@H]1C(=O)N[C@H](C#N)C[C@@H]1CCNC1=O)C(F)(F)C2. The fourth-order valence-corrected chi connectivity index (χ4v) is 4.64. The van der Waals surface area contributed by atoms with Crippen LogP contribution < -0.4 is 10.6 Å². The fourth-order valence-electron chi connectivity index (χ4n) is 4.64. The summed E-state index contributed by atoms with van der Waals surface area (Å²) in [5, 5.41) is 14.6. The number of nitrogens with zero attached hydrogens (tertiary/aromatic N) is 2. The van der Waals surface area contributed by atoms with Crippen LogP contribution >= 0.6 is 0 Å². The molecule has 4 aliphatic rings. The summed E-state index contributed by atoms with van der Waals surface area (Å²) in [7, 11) is 0. The van der Waals surface area contributed by atoms with E-state index in [-0.39, 0.29) is 18.7 Å². The topological polar surface area (TPSA) is 112 Å². The monoisotopic (exact) mass is 426 g/mol. The second-order valence-electron chi connectivity index (χ2n) is 9.34. The molecular formula is C20H28F2N4O4. The average Bonchev–Trinajstić information content (AvgIpc) is 3.02. The molecule has 0 spiro atoms.